The summed E-state index contributed by atoms with van der Waals surface area (Å²) in [7, 11) is 0. The Bertz CT molecular complexity index is 380. The largest absolute Gasteiger partial charge is 0.398 e. The highest BCUT2D eigenvalue weighted by molar-refractivity contribution is 9.10. The van der Waals surface area contributed by atoms with Crippen LogP contribution in [0.5, 0.6) is 0 Å². The van der Waals surface area contributed by atoms with Gasteiger partial charge >= 0.3 is 0 Å². The number of hydrogen-bond acceptors (Lipinski definition) is 2. The molecule has 1 fully saturated rings. The van der Waals surface area contributed by atoms with Crippen molar-refractivity contribution in [3.8, 4) is 0 Å². The monoisotopic (exact) mass is 296 g/mol. The van der Waals surface area contributed by atoms with Crippen LogP contribution < -0.4 is 11.1 Å². The van der Waals surface area contributed by atoms with Crippen LogP contribution in [0, 0.1) is 5.41 Å². The van der Waals surface area contributed by atoms with Crippen LogP contribution in [0.1, 0.15) is 38.2 Å². The molecule has 3 heteroatoms. The van der Waals surface area contributed by atoms with Crippen molar-refractivity contribution >= 4 is 21.6 Å². The van der Waals surface area contributed by atoms with Crippen molar-refractivity contribution in [3.05, 3.63) is 28.2 Å². The lowest BCUT2D eigenvalue weighted by Gasteiger charge is -2.41. The molecule has 2 nitrogen and oxygen atoms in total. The molecule has 1 aromatic carbocycles. The summed E-state index contributed by atoms with van der Waals surface area (Å²) in [6.07, 6.45) is 5.45. The lowest BCUT2D eigenvalue weighted by atomic mass is 9.67. The summed E-state index contributed by atoms with van der Waals surface area (Å²) in [5, 5.41) is 3.56. The highest BCUT2D eigenvalue weighted by atomic mass is 79.9. The predicted octanol–water partition coefficient (Wildman–Crippen LogP) is 3.70. The fraction of sp³-hybridized carbons (Fsp3) is 0.571. The predicted molar refractivity (Wildman–Crippen MR) is 76.8 cm³/mol. The van der Waals surface area contributed by atoms with E-state index in [-0.39, 0.29) is 0 Å². The van der Waals surface area contributed by atoms with Gasteiger partial charge in [-0.05, 0) is 42.4 Å². The van der Waals surface area contributed by atoms with E-state index in [1.165, 1.54) is 31.2 Å². The first-order valence-electron chi connectivity index (χ1n) is 6.40. The number of rotatable bonds is 5. The maximum Gasteiger partial charge on any atom is 0.0370 e. The molecule has 0 bridgehead atoms. The molecule has 0 spiro atoms. The second kappa shape index (κ2) is 5.40. The molecule has 0 unspecified atom stereocenters. The lowest BCUT2D eigenvalue weighted by Crippen LogP contribution is -2.39. The molecule has 3 N–H and O–H groups in total. The molecule has 94 valence electrons. The molecule has 1 saturated carbocycles. The number of nitrogens with one attached hydrogen (secondary N) is 1. The molecule has 2 rings (SSSR count). The second-order valence-electron chi connectivity index (χ2n) is 5.15. The van der Waals surface area contributed by atoms with Crippen molar-refractivity contribution in [2.75, 3.05) is 12.3 Å². The molecule has 1 aromatic rings. The standard InChI is InChI=1S/C14H21BrN2/c1-2-14(6-3-7-14)10-17-9-11-4-5-12(15)8-13(11)16/h4-5,8,17H,2-3,6-7,9-10,16H2,1H3. The number of nitrogen functional groups attached to an aromatic ring is 1. The second-order valence-corrected chi connectivity index (χ2v) is 6.07. The Morgan fingerprint density at radius 2 is 2.18 bits per heavy atom. The van der Waals surface area contributed by atoms with Gasteiger partial charge in [0.25, 0.3) is 0 Å². The topological polar surface area (TPSA) is 38.0 Å². The first kappa shape index (κ1) is 12.9. The minimum absolute atomic E-state index is 0.574. The van der Waals surface area contributed by atoms with Crippen LogP contribution in [0.15, 0.2) is 22.7 Å². The molecule has 1 aliphatic rings. The molecule has 0 aromatic heterocycles. The van der Waals surface area contributed by atoms with Crippen LogP contribution in [-0.4, -0.2) is 6.54 Å². The first-order chi connectivity index (χ1) is 8.15. The normalized spacial score (nSPS) is 17.8. The smallest absolute Gasteiger partial charge is 0.0370 e. The van der Waals surface area contributed by atoms with Gasteiger partial charge in [-0.15, -0.1) is 0 Å². The van der Waals surface area contributed by atoms with Crippen LogP contribution in [0.2, 0.25) is 0 Å². The van der Waals surface area contributed by atoms with E-state index in [2.05, 4.69) is 34.2 Å². The van der Waals surface area contributed by atoms with Crippen LogP contribution >= 0.6 is 15.9 Å². The summed E-state index contributed by atoms with van der Waals surface area (Å²) in [6, 6.07) is 6.11. The molecular weight excluding hydrogens is 276 g/mol. The van der Waals surface area contributed by atoms with Crippen molar-refractivity contribution in [3.63, 3.8) is 0 Å². The molecule has 1 aliphatic carbocycles. The highest BCUT2D eigenvalue weighted by Gasteiger charge is 2.34. The molecule has 0 saturated heterocycles. The minimum Gasteiger partial charge on any atom is -0.398 e. The Kier molecular flexibility index (Phi) is 4.10. The maximum absolute atomic E-state index is 5.98. The molecule has 0 radical (unpaired) electrons. The molecule has 0 atom stereocenters. The Hall–Kier alpha value is -0.540. The zero-order chi connectivity index (χ0) is 12.3. The molecule has 0 amide bonds. The van der Waals surface area contributed by atoms with Crippen LogP contribution in [0.4, 0.5) is 5.69 Å². The number of anilines is 1. The molecule has 0 aliphatic heterocycles. The summed E-state index contributed by atoms with van der Waals surface area (Å²) in [5.74, 6) is 0. The van der Waals surface area contributed by atoms with E-state index < -0.39 is 0 Å². The maximum atomic E-state index is 5.98. The average Bonchev–Trinajstić information content (AvgIpc) is 2.25. The van der Waals surface area contributed by atoms with E-state index in [0.717, 1.165) is 23.2 Å². The molecule has 0 heterocycles. The average molecular weight is 297 g/mol. The van der Waals surface area contributed by atoms with Crippen molar-refractivity contribution in [2.45, 2.75) is 39.2 Å². The van der Waals surface area contributed by atoms with E-state index in [4.69, 9.17) is 5.73 Å². The van der Waals surface area contributed by atoms with Gasteiger partial charge in [-0.1, -0.05) is 35.3 Å². The van der Waals surface area contributed by atoms with Gasteiger partial charge in [0.1, 0.15) is 0 Å². The summed E-state index contributed by atoms with van der Waals surface area (Å²) in [6.45, 7) is 4.30. The van der Waals surface area contributed by atoms with Gasteiger partial charge in [0, 0.05) is 23.2 Å². The fourth-order valence-corrected chi connectivity index (χ4v) is 2.90. The zero-order valence-corrected chi connectivity index (χ0v) is 12.0. The van der Waals surface area contributed by atoms with E-state index in [1.807, 2.05) is 12.1 Å². The highest BCUT2D eigenvalue weighted by Crippen LogP contribution is 2.43. The van der Waals surface area contributed by atoms with Crippen LogP contribution in [0.3, 0.4) is 0 Å². The number of benzene rings is 1. The Morgan fingerprint density at radius 1 is 1.41 bits per heavy atom. The Balaban J connectivity index is 1.85. The molecule has 17 heavy (non-hydrogen) atoms. The quantitative estimate of drug-likeness (QED) is 0.813. The van der Waals surface area contributed by atoms with Crippen LogP contribution in [0.25, 0.3) is 0 Å². The summed E-state index contributed by atoms with van der Waals surface area (Å²) >= 11 is 3.43. The van der Waals surface area contributed by atoms with Gasteiger partial charge in [0.15, 0.2) is 0 Å². The SMILES string of the molecule is CCC1(CNCc2ccc(Br)cc2N)CCC1. The molecular formula is C14H21BrN2. The van der Waals surface area contributed by atoms with Gasteiger partial charge in [0.05, 0.1) is 0 Å². The van der Waals surface area contributed by atoms with Crippen molar-refractivity contribution in [1.82, 2.24) is 5.32 Å². The van der Waals surface area contributed by atoms with E-state index in [9.17, 15) is 0 Å². The Labute approximate surface area is 112 Å². The Morgan fingerprint density at radius 3 is 2.71 bits per heavy atom. The van der Waals surface area contributed by atoms with E-state index in [1.54, 1.807) is 0 Å². The fourth-order valence-electron chi connectivity index (χ4n) is 2.52. The summed E-state index contributed by atoms with van der Waals surface area (Å²) in [4.78, 5) is 0. The number of halogens is 1. The number of nitrogens with two attached hydrogens (primary N) is 1. The van der Waals surface area contributed by atoms with Gasteiger partial charge in [-0.25, -0.2) is 0 Å². The van der Waals surface area contributed by atoms with Crippen LogP contribution in [-0.2, 0) is 6.54 Å². The first-order valence-corrected chi connectivity index (χ1v) is 7.19. The van der Waals surface area contributed by atoms with Gasteiger partial charge in [0.2, 0.25) is 0 Å². The van der Waals surface area contributed by atoms with Gasteiger partial charge < -0.3 is 11.1 Å². The summed E-state index contributed by atoms with van der Waals surface area (Å²) < 4.78 is 1.04. The zero-order valence-electron chi connectivity index (χ0n) is 10.4. The third-order valence-electron chi connectivity index (χ3n) is 4.09. The summed E-state index contributed by atoms with van der Waals surface area (Å²) in [5.41, 5.74) is 8.61. The minimum atomic E-state index is 0.574. The van der Waals surface area contributed by atoms with Gasteiger partial charge in [-0.3, -0.25) is 0 Å². The van der Waals surface area contributed by atoms with Crippen molar-refractivity contribution in [1.29, 1.82) is 0 Å². The number of hydrogen-bond donors (Lipinski definition) is 2. The third-order valence-corrected chi connectivity index (χ3v) is 4.58. The lowest BCUT2D eigenvalue weighted by molar-refractivity contribution is 0.124. The van der Waals surface area contributed by atoms with Crippen molar-refractivity contribution in [2.24, 2.45) is 5.41 Å². The third kappa shape index (κ3) is 3.02. The van der Waals surface area contributed by atoms with E-state index in [0.29, 0.717) is 5.41 Å². The van der Waals surface area contributed by atoms with E-state index >= 15 is 0 Å². The van der Waals surface area contributed by atoms with Gasteiger partial charge in [-0.2, -0.15) is 0 Å². The van der Waals surface area contributed by atoms with Crippen molar-refractivity contribution < 1.29 is 0 Å².